The van der Waals surface area contributed by atoms with Crippen LogP contribution in [0.5, 0.6) is 0 Å². The van der Waals surface area contributed by atoms with Crippen molar-refractivity contribution in [3.8, 4) is 0 Å². The standard InChI is InChI=1S/C11H13FN2O2.ClH/c12-10-5-4-8(14(15)16)6-9(10)11(13)7-2-1-3-7;/h4-7,11H,1-3,13H2;1H/t11-;/m1./s1. The third-order valence-electron chi connectivity index (χ3n) is 3.21. The van der Waals surface area contributed by atoms with E-state index < -0.39 is 16.8 Å². The number of nitro benzene ring substituents is 1. The Morgan fingerprint density at radius 1 is 1.47 bits per heavy atom. The highest BCUT2D eigenvalue weighted by Crippen LogP contribution is 2.37. The minimum absolute atomic E-state index is 0. The van der Waals surface area contributed by atoms with Gasteiger partial charge >= 0.3 is 0 Å². The van der Waals surface area contributed by atoms with Crippen molar-refractivity contribution in [2.75, 3.05) is 0 Å². The van der Waals surface area contributed by atoms with E-state index in [1.807, 2.05) is 0 Å². The fourth-order valence-corrected chi connectivity index (χ4v) is 1.95. The van der Waals surface area contributed by atoms with E-state index in [4.69, 9.17) is 5.73 Å². The maximum absolute atomic E-state index is 13.5. The van der Waals surface area contributed by atoms with Crippen LogP contribution in [0.15, 0.2) is 18.2 Å². The second-order valence-electron chi connectivity index (χ2n) is 4.18. The van der Waals surface area contributed by atoms with Crippen molar-refractivity contribution in [2.24, 2.45) is 11.7 Å². The maximum atomic E-state index is 13.5. The SMILES string of the molecule is Cl.N[C@@H](c1cc([N+](=O)[O-])ccc1F)C1CCC1. The Morgan fingerprint density at radius 3 is 2.59 bits per heavy atom. The summed E-state index contributed by atoms with van der Waals surface area (Å²) >= 11 is 0. The Balaban J connectivity index is 0.00000144. The zero-order chi connectivity index (χ0) is 11.7. The van der Waals surface area contributed by atoms with Gasteiger partial charge in [0.1, 0.15) is 5.82 Å². The van der Waals surface area contributed by atoms with Gasteiger partial charge in [0.25, 0.3) is 5.69 Å². The number of nitro groups is 1. The van der Waals surface area contributed by atoms with Crippen molar-refractivity contribution in [1.29, 1.82) is 0 Å². The Labute approximate surface area is 105 Å². The van der Waals surface area contributed by atoms with Crippen molar-refractivity contribution in [2.45, 2.75) is 25.3 Å². The number of hydrogen-bond acceptors (Lipinski definition) is 3. The van der Waals surface area contributed by atoms with Gasteiger partial charge < -0.3 is 5.73 Å². The van der Waals surface area contributed by atoms with Crippen molar-refractivity contribution >= 4 is 18.1 Å². The molecule has 2 rings (SSSR count). The van der Waals surface area contributed by atoms with Gasteiger partial charge in [0.05, 0.1) is 4.92 Å². The summed E-state index contributed by atoms with van der Waals surface area (Å²) in [5.74, 6) is -0.193. The van der Waals surface area contributed by atoms with Crippen LogP contribution in [0.3, 0.4) is 0 Å². The Kier molecular flexibility index (Phi) is 4.42. The summed E-state index contributed by atoms with van der Waals surface area (Å²) in [5, 5.41) is 10.6. The third kappa shape index (κ3) is 2.73. The van der Waals surface area contributed by atoms with E-state index in [1.165, 1.54) is 6.07 Å². The molecular formula is C11H14ClFN2O2. The van der Waals surface area contributed by atoms with Crippen LogP contribution in [-0.2, 0) is 0 Å². The molecule has 1 saturated carbocycles. The van der Waals surface area contributed by atoms with Crippen LogP contribution in [0.25, 0.3) is 0 Å². The molecule has 1 aromatic carbocycles. The Hall–Kier alpha value is -1.20. The van der Waals surface area contributed by atoms with Gasteiger partial charge in [-0.15, -0.1) is 12.4 Å². The van der Waals surface area contributed by atoms with Crippen LogP contribution in [0, 0.1) is 21.8 Å². The average Bonchev–Trinajstić information content (AvgIpc) is 2.15. The molecule has 17 heavy (non-hydrogen) atoms. The van der Waals surface area contributed by atoms with E-state index >= 15 is 0 Å². The first-order valence-corrected chi connectivity index (χ1v) is 5.29. The topological polar surface area (TPSA) is 69.2 Å². The van der Waals surface area contributed by atoms with E-state index in [1.54, 1.807) is 0 Å². The predicted octanol–water partition coefficient (Wildman–Crippen LogP) is 2.96. The molecule has 94 valence electrons. The summed E-state index contributed by atoms with van der Waals surface area (Å²) in [6.45, 7) is 0. The molecule has 2 N–H and O–H groups in total. The molecule has 1 aliphatic rings. The summed E-state index contributed by atoms with van der Waals surface area (Å²) < 4.78 is 13.5. The fourth-order valence-electron chi connectivity index (χ4n) is 1.95. The van der Waals surface area contributed by atoms with Gasteiger partial charge in [-0.25, -0.2) is 4.39 Å². The number of rotatable bonds is 3. The van der Waals surface area contributed by atoms with E-state index in [-0.39, 0.29) is 29.6 Å². The van der Waals surface area contributed by atoms with Crippen molar-refractivity contribution in [3.05, 3.63) is 39.7 Å². The predicted molar refractivity (Wildman–Crippen MR) is 64.6 cm³/mol. The molecule has 0 saturated heterocycles. The van der Waals surface area contributed by atoms with Crippen molar-refractivity contribution in [1.82, 2.24) is 0 Å². The molecule has 1 aliphatic carbocycles. The molecule has 0 bridgehead atoms. The van der Waals surface area contributed by atoms with Crippen LogP contribution >= 0.6 is 12.4 Å². The van der Waals surface area contributed by atoms with Gasteiger partial charge in [0.2, 0.25) is 0 Å². The van der Waals surface area contributed by atoms with Crippen molar-refractivity contribution < 1.29 is 9.31 Å². The zero-order valence-corrected chi connectivity index (χ0v) is 9.95. The molecular weight excluding hydrogens is 247 g/mol. The minimum Gasteiger partial charge on any atom is -0.324 e. The highest BCUT2D eigenvalue weighted by Gasteiger charge is 2.28. The molecule has 0 unspecified atom stereocenters. The van der Waals surface area contributed by atoms with E-state index in [2.05, 4.69) is 0 Å². The lowest BCUT2D eigenvalue weighted by Gasteiger charge is -2.31. The van der Waals surface area contributed by atoms with Crippen LogP contribution in [0.1, 0.15) is 30.9 Å². The average molecular weight is 261 g/mol. The van der Waals surface area contributed by atoms with Crippen molar-refractivity contribution in [3.63, 3.8) is 0 Å². The Morgan fingerprint density at radius 2 is 2.12 bits per heavy atom. The Bertz CT molecular complexity index is 424. The molecule has 1 fully saturated rings. The molecule has 0 spiro atoms. The van der Waals surface area contributed by atoms with Crippen LogP contribution in [0.2, 0.25) is 0 Å². The number of benzene rings is 1. The lowest BCUT2D eigenvalue weighted by atomic mass is 9.77. The smallest absolute Gasteiger partial charge is 0.269 e. The monoisotopic (exact) mass is 260 g/mol. The number of nitrogens with zero attached hydrogens (tertiary/aromatic N) is 1. The highest BCUT2D eigenvalue weighted by molar-refractivity contribution is 5.85. The van der Waals surface area contributed by atoms with Gasteiger partial charge in [-0.2, -0.15) is 0 Å². The zero-order valence-electron chi connectivity index (χ0n) is 9.14. The third-order valence-corrected chi connectivity index (χ3v) is 3.21. The number of nitrogens with two attached hydrogens (primary N) is 1. The lowest BCUT2D eigenvalue weighted by Crippen LogP contribution is -2.27. The molecule has 1 atom stereocenters. The molecule has 1 aromatic rings. The van der Waals surface area contributed by atoms with Gasteiger partial charge in [-0.3, -0.25) is 10.1 Å². The van der Waals surface area contributed by atoms with Crippen LogP contribution in [-0.4, -0.2) is 4.92 Å². The van der Waals surface area contributed by atoms with Crippen LogP contribution < -0.4 is 5.73 Å². The molecule has 6 heteroatoms. The first kappa shape index (κ1) is 13.9. The number of non-ortho nitro benzene ring substituents is 1. The fraction of sp³-hybridized carbons (Fsp3) is 0.455. The quantitative estimate of drug-likeness (QED) is 0.671. The first-order chi connectivity index (χ1) is 7.59. The summed E-state index contributed by atoms with van der Waals surface area (Å²) in [4.78, 5) is 10.1. The second kappa shape index (κ2) is 5.42. The molecule has 0 aromatic heterocycles. The van der Waals surface area contributed by atoms with Gasteiger partial charge in [-0.1, -0.05) is 6.42 Å². The number of hydrogen-bond donors (Lipinski definition) is 1. The van der Waals surface area contributed by atoms with E-state index in [9.17, 15) is 14.5 Å². The first-order valence-electron chi connectivity index (χ1n) is 5.29. The van der Waals surface area contributed by atoms with Gasteiger partial charge in [0.15, 0.2) is 0 Å². The molecule has 0 heterocycles. The minimum atomic E-state index is -0.531. The van der Waals surface area contributed by atoms with Crippen LogP contribution in [0.4, 0.5) is 10.1 Å². The maximum Gasteiger partial charge on any atom is 0.269 e. The van der Waals surface area contributed by atoms with Gasteiger partial charge in [-0.05, 0) is 24.8 Å². The molecule has 0 amide bonds. The van der Waals surface area contributed by atoms with E-state index in [0.29, 0.717) is 0 Å². The molecule has 0 aliphatic heterocycles. The largest absolute Gasteiger partial charge is 0.324 e. The van der Waals surface area contributed by atoms with Gasteiger partial charge in [0, 0.05) is 23.7 Å². The second-order valence-corrected chi connectivity index (χ2v) is 4.18. The molecule has 4 nitrogen and oxygen atoms in total. The number of halogens is 2. The summed E-state index contributed by atoms with van der Waals surface area (Å²) in [6, 6.07) is 3.10. The summed E-state index contributed by atoms with van der Waals surface area (Å²) in [7, 11) is 0. The molecule has 0 radical (unpaired) electrons. The summed E-state index contributed by atoms with van der Waals surface area (Å²) in [6.07, 6.45) is 3.06. The lowest BCUT2D eigenvalue weighted by molar-refractivity contribution is -0.385. The highest BCUT2D eigenvalue weighted by atomic mass is 35.5. The summed E-state index contributed by atoms with van der Waals surface area (Å²) in [5.41, 5.74) is 6.07. The normalized spacial score (nSPS) is 16.8. The van der Waals surface area contributed by atoms with E-state index in [0.717, 1.165) is 31.4 Å².